The van der Waals surface area contributed by atoms with Crippen molar-refractivity contribution in [2.45, 2.75) is 18.8 Å². The number of alkyl halides is 3. The highest BCUT2D eigenvalue weighted by molar-refractivity contribution is 5.97. The molecule has 0 aromatic heterocycles. The quantitative estimate of drug-likeness (QED) is 0.854. The average Bonchev–Trinajstić information content (AvgIpc) is 2.96. The lowest BCUT2D eigenvalue weighted by Crippen LogP contribution is -2.39. The highest BCUT2D eigenvalue weighted by atomic mass is 19.4. The second-order valence-electron chi connectivity index (χ2n) is 5.91. The molecule has 1 atom stereocenters. The molecule has 9 heteroatoms. The van der Waals surface area contributed by atoms with Crippen LogP contribution >= 0.6 is 0 Å². The van der Waals surface area contributed by atoms with Crippen molar-refractivity contribution in [2.24, 2.45) is 0 Å². The van der Waals surface area contributed by atoms with Crippen molar-refractivity contribution in [1.82, 2.24) is 5.32 Å². The Morgan fingerprint density at radius 3 is 2.37 bits per heavy atom. The maximum absolute atomic E-state index is 12.1. The first-order valence-electron chi connectivity index (χ1n) is 8.09. The Labute approximate surface area is 152 Å². The molecule has 2 aromatic carbocycles. The van der Waals surface area contributed by atoms with Crippen molar-refractivity contribution in [3.63, 3.8) is 0 Å². The molecule has 142 valence electrons. The fourth-order valence-electron chi connectivity index (χ4n) is 2.75. The average molecular weight is 379 g/mol. The summed E-state index contributed by atoms with van der Waals surface area (Å²) >= 11 is 0. The second-order valence-corrected chi connectivity index (χ2v) is 5.91. The van der Waals surface area contributed by atoms with Crippen molar-refractivity contribution < 1.29 is 27.5 Å². The molecule has 1 saturated heterocycles. The van der Waals surface area contributed by atoms with Gasteiger partial charge in [0.2, 0.25) is 5.91 Å². The molecule has 0 spiro atoms. The van der Waals surface area contributed by atoms with Crippen LogP contribution in [0, 0.1) is 0 Å². The summed E-state index contributed by atoms with van der Waals surface area (Å²) in [7, 11) is 0. The van der Waals surface area contributed by atoms with Crippen LogP contribution < -0.4 is 20.3 Å². The number of carbonyl (C=O) groups is 2. The summed E-state index contributed by atoms with van der Waals surface area (Å²) in [5, 5.41) is 5.20. The van der Waals surface area contributed by atoms with Crippen LogP contribution in [0.5, 0.6) is 5.75 Å². The van der Waals surface area contributed by atoms with Gasteiger partial charge in [0.15, 0.2) is 0 Å². The van der Waals surface area contributed by atoms with Gasteiger partial charge in [0.05, 0.1) is 6.04 Å². The summed E-state index contributed by atoms with van der Waals surface area (Å²) in [5.41, 5.74) is 1.05. The number of para-hydroxylation sites is 1. The fourth-order valence-corrected chi connectivity index (χ4v) is 2.75. The van der Waals surface area contributed by atoms with Crippen molar-refractivity contribution in [1.29, 1.82) is 0 Å². The van der Waals surface area contributed by atoms with E-state index in [4.69, 9.17) is 0 Å². The normalized spacial score (nSPS) is 16.9. The molecule has 0 bridgehead atoms. The number of rotatable bonds is 4. The largest absolute Gasteiger partial charge is 0.573 e. The van der Waals surface area contributed by atoms with Gasteiger partial charge < -0.3 is 20.3 Å². The number of carbonyl (C=O) groups excluding carboxylic acids is 2. The molecule has 1 aliphatic heterocycles. The summed E-state index contributed by atoms with van der Waals surface area (Å²) in [6, 6.07) is 13.0. The minimum Gasteiger partial charge on any atom is -0.406 e. The first-order valence-corrected chi connectivity index (χ1v) is 8.09. The van der Waals surface area contributed by atoms with Gasteiger partial charge in [0.1, 0.15) is 5.75 Å². The number of hydrogen-bond donors (Lipinski definition) is 2. The molecule has 2 aromatic rings. The van der Waals surface area contributed by atoms with Crippen LogP contribution in [0.1, 0.15) is 6.42 Å². The molecule has 3 amide bonds. The number of nitrogens with zero attached hydrogens (tertiary/aromatic N) is 1. The number of nitrogens with one attached hydrogen (secondary N) is 2. The Bertz CT molecular complexity index is 810. The summed E-state index contributed by atoms with van der Waals surface area (Å²) < 4.78 is 40.2. The van der Waals surface area contributed by atoms with E-state index in [2.05, 4.69) is 15.4 Å². The topological polar surface area (TPSA) is 70.7 Å². The van der Waals surface area contributed by atoms with Gasteiger partial charge in [0, 0.05) is 24.3 Å². The Balaban J connectivity index is 1.53. The zero-order valence-electron chi connectivity index (χ0n) is 14.0. The molecule has 3 rings (SSSR count). The van der Waals surface area contributed by atoms with Gasteiger partial charge in [-0.15, -0.1) is 13.2 Å². The lowest BCUT2D eigenvalue weighted by atomic mass is 10.2. The van der Waals surface area contributed by atoms with Crippen LogP contribution in [0.15, 0.2) is 54.6 Å². The van der Waals surface area contributed by atoms with Crippen LogP contribution in [-0.2, 0) is 4.79 Å². The molecular weight excluding hydrogens is 363 g/mol. The van der Waals surface area contributed by atoms with E-state index in [-0.39, 0.29) is 24.1 Å². The van der Waals surface area contributed by atoms with Gasteiger partial charge in [-0.25, -0.2) is 4.79 Å². The Morgan fingerprint density at radius 2 is 1.74 bits per heavy atom. The number of amides is 3. The van der Waals surface area contributed by atoms with Gasteiger partial charge >= 0.3 is 12.4 Å². The lowest BCUT2D eigenvalue weighted by Gasteiger charge is -2.17. The van der Waals surface area contributed by atoms with Crippen LogP contribution in [0.3, 0.4) is 0 Å². The molecule has 6 nitrogen and oxygen atoms in total. The summed E-state index contributed by atoms with van der Waals surface area (Å²) in [5.74, 6) is -0.478. The Hall–Kier alpha value is -3.23. The zero-order chi connectivity index (χ0) is 19.4. The lowest BCUT2D eigenvalue weighted by molar-refractivity contribution is -0.274. The van der Waals surface area contributed by atoms with E-state index in [1.807, 2.05) is 30.3 Å². The van der Waals surface area contributed by atoms with Gasteiger partial charge in [-0.05, 0) is 36.4 Å². The molecule has 0 aliphatic carbocycles. The van der Waals surface area contributed by atoms with Crippen molar-refractivity contribution in [2.75, 3.05) is 16.8 Å². The van der Waals surface area contributed by atoms with E-state index < -0.39 is 12.4 Å². The van der Waals surface area contributed by atoms with E-state index in [0.29, 0.717) is 12.2 Å². The van der Waals surface area contributed by atoms with Gasteiger partial charge in [0.25, 0.3) is 0 Å². The molecule has 1 aliphatic rings. The second kappa shape index (κ2) is 7.56. The van der Waals surface area contributed by atoms with Crippen LogP contribution in [0.4, 0.5) is 29.3 Å². The highest BCUT2D eigenvalue weighted by Gasteiger charge is 2.32. The molecule has 27 heavy (non-hydrogen) atoms. The smallest absolute Gasteiger partial charge is 0.406 e. The van der Waals surface area contributed by atoms with E-state index >= 15 is 0 Å². The molecule has 1 fully saturated rings. The van der Waals surface area contributed by atoms with Gasteiger partial charge in [-0.1, -0.05) is 18.2 Å². The Morgan fingerprint density at radius 1 is 1.07 bits per heavy atom. The van der Waals surface area contributed by atoms with E-state index in [1.165, 1.54) is 12.1 Å². The first kappa shape index (κ1) is 18.6. The van der Waals surface area contributed by atoms with Crippen molar-refractivity contribution in [3.05, 3.63) is 54.6 Å². The standard InChI is InChI=1S/C18H16F3N3O3/c19-18(20,21)27-15-8-6-12(7-9-15)22-17(26)23-13-10-16(25)24(11-13)14-4-2-1-3-5-14/h1-9,13H,10-11H2,(H2,22,23,26)/t13-/m0/s1. The third-order valence-electron chi connectivity index (χ3n) is 3.87. The Kier molecular flexibility index (Phi) is 5.20. The predicted molar refractivity (Wildman–Crippen MR) is 92.5 cm³/mol. The molecule has 2 N–H and O–H groups in total. The molecule has 0 radical (unpaired) electrons. The number of anilines is 2. The summed E-state index contributed by atoms with van der Waals surface area (Å²) in [6.45, 7) is 0.342. The molecule has 0 unspecified atom stereocenters. The maximum Gasteiger partial charge on any atom is 0.573 e. The van der Waals surface area contributed by atoms with E-state index in [0.717, 1.165) is 17.8 Å². The fraction of sp³-hybridized carbons (Fsp3) is 0.222. The third kappa shape index (κ3) is 5.13. The van der Waals surface area contributed by atoms with Crippen LogP contribution in [0.25, 0.3) is 0 Å². The number of ether oxygens (including phenoxy) is 1. The van der Waals surface area contributed by atoms with Crippen molar-refractivity contribution >= 4 is 23.3 Å². The van der Waals surface area contributed by atoms with Crippen LogP contribution in [0.2, 0.25) is 0 Å². The number of urea groups is 1. The zero-order valence-corrected chi connectivity index (χ0v) is 14.0. The molecular formula is C18H16F3N3O3. The molecule has 0 saturated carbocycles. The van der Waals surface area contributed by atoms with E-state index in [9.17, 15) is 22.8 Å². The third-order valence-corrected chi connectivity index (χ3v) is 3.87. The maximum atomic E-state index is 12.1. The number of benzene rings is 2. The van der Waals surface area contributed by atoms with Gasteiger partial charge in [-0.2, -0.15) is 0 Å². The monoisotopic (exact) mass is 379 g/mol. The molecule has 1 heterocycles. The van der Waals surface area contributed by atoms with E-state index in [1.54, 1.807) is 4.90 Å². The first-order chi connectivity index (χ1) is 12.8. The summed E-state index contributed by atoms with van der Waals surface area (Å²) in [4.78, 5) is 25.8. The predicted octanol–water partition coefficient (Wildman–Crippen LogP) is 3.51. The highest BCUT2D eigenvalue weighted by Crippen LogP contribution is 2.24. The summed E-state index contributed by atoms with van der Waals surface area (Å²) in [6.07, 6.45) is -4.60. The van der Waals surface area contributed by atoms with Crippen LogP contribution in [-0.4, -0.2) is 30.9 Å². The number of halogens is 3. The minimum absolute atomic E-state index is 0.0971. The van der Waals surface area contributed by atoms with Crippen molar-refractivity contribution in [3.8, 4) is 5.75 Å². The SMILES string of the molecule is O=C(Nc1ccc(OC(F)(F)F)cc1)N[C@H]1CC(=O)N(c2ccccc2)C1. The number of hydrogen-bond acceptors (Lipinski definition) is 3. The van der Waals surface area contributed by atoms with Gasteiger partial charge in [-0.3, -0.25) is 4.79 Å². The minimum atomic E-state index is -4.77.